The van der Waals surface area contributed by atoms with Crippen molar-refractivity contribution in [1.82, 2.24) is 5.32 Å². The second kappa shape index (κ2) is 6.58. The first-order valence-electron chi connectivity index (χ1n) is 6.86. The van der Waals surface area contributed by atoms with Crippen molar-refractivity contribution in [3.05, 3.63) is 53.1 Å². The molecule has 2 N–H and O–H groups in total. The third kappa shape index (κ3) is 3.54. The van der Waals surface area contributed by atoms with E-state index in [9.17, 15) is 9.59 Å². The van der Waals surface area contributed by atoms with Gasteiger partial charge in [-0.15, -0.1) is 0 Å². The van der Waals surface area contributed by atoms with E-state index in [-0.39, 0.29) is 13.3 Å². The smallest absolute Gasteiger partial charge is 0.313 e. The molecule has 0 aromatic heterocycles. The van der Waals surface area contributed by atoms with Crippen molar-refractivity contribution in [2.24, 2.45) is 0 Å². The van der Waals surface area contributed by atoms with Crippen molar-refractivity contribution >= 4 is 29.1 Å². The van der Waals surface area contributed by atoms with Crippen LogP contribution in [0.4, 0.5) is 5.69 Å². The van der Waals surface area contributed by atoms with Crippen molar-refractivity contribution in [3.63, 3.8) is 0 Å². The van der Waals surface area contributed by atoms with Crippen LogP contribution >= 0.6 is 11.6 Å². The second-order valence-electron chi connectivity index (χ2n) is 4.80. The average Bonchev–Trinajstić information content (AvgIpc) is 3.02. The summed E-state index contributed by atoms with van der Waals surface area (Å²) in [6.07, 6.45) is 0. The molecule has 1 aliphatic rings. The fraction of sp³-hybridized carbons (Fsp3) is 0.125. The normalized spacial score (nSPS) is 11.9. The summed E-state index contributed by atoms with van der Waals surface area (Å²) in [5.74, 6) is -0.241. The van der Waals surface area contributed by atoms with Gasteiger partial charge in [0.2, 0.25) is 6.79 Å². The lowest BCUT2D eigenvalue weighted by molar-refractivity contribution is -0.136. The molecule has 3 rings (SSSR count). The summed E-state index contributed by atoms with van der Waals surface area (Å²) in [6, 6.07) is 12.0. The van der Waals surface area contributed by atoms with Gasteiger partial charge >= 0.3 is 11.8 Å². The second-order valence-corrected chi connectivity index (χ2v) is 5.21. The molecule has 2 aromatic carbocycles. The van der Waals surface area contributed by atoms with E-state index >= 15 is 0 Å². The molecule has 0 unspecified atom stereocenters. The monoisotopic (exact) mass is 332 g/mol. The molecule has 0 bridgehead atoms. The molecular weight excluding hydrogens is 320 g/mol. The van der Waals surface area contributed by atoms with Gasteiger partial charge in [-0.1, -0.05) is 29.8 Å². The molecule has 0 radical (unpaired) electrons. The van der Waals surface area contributed by atoms with E-state index in [1.807, 2.05) is 0 Å². The maximum Gasteiger partial charge on any atom is 0.313 e. The Morgan fingerprint density at radius 3 is 2.65 bits per heavy atom. The van der Waals surface area contributed by atoms with Crippen molar-refractivity contribution in [2.75, 3.05) is 12.1 Å². The minimum absolute atomic E-state index is 0.186. The summed E-state index contributed by atoms with van der Waals surface area (Å²) in [7, 11) is 0. The number of halogens is 1. The minimum atomic E-state index is -0.779. The zero-order valence-corrected chi connectivity index (χ0v) is 12.7. The highest BCUT2D eigenvalue weighted by molar-refractivity contribution is 6.41. The van der Waals surface area contributed by atoms with E-state index in [2.05, 4.69) is 10.6 Å². The molecule has 2 amide bonds. The Labute approximate surface area is 137 Å². The van der Waals surface area contributed by atoms with Crippen LogP contribution in [0.5, 0.6) is 11.5 Å². The van der Waals surface area contributed by atoms with Gasteiger partial charge in [0.15, 0.2) is 11.5 Å². The number of benzene rings is 2. The van der Waals surface area contributed by atoms with Gasteiger partial charge in [-0.2, -0.15) is 0 Å². The molecule has 6 nitrogen and oxygen atoms in total. The van der Waals surface area contributed by atoms with E-state index < -0.39 is 11.8 Å². The van der Waals surface area contributed by atoms with Crippen LogP contribution in [0, 0.1) is 0 Å². The van der Waals surface area contributed by atoms with E-state index in [1.54, 1.807) is 42.5 Å². The molecule has 1 aliphatic heterocycles. The lowest BCUT2D eigenvalue weighted by Crippen LogP contribution is -2.35. The summed E-state index contributed by atoms with van der Waals surface area (Å²) < 4.78 is 10.5. The summed E-state index contributed by atoms with van der Waals surface area (Å²) in [5, 5.41) is 5.36. The van der Waals surface area contributed by atoms with Crippen LogP contribution in [-0.2, 0) is 16.1 Å². The van der Waals surface area contributed by atoms with Gasteiger partial charge in [0.25, 0.3) is 0 Å². The van der Waals surface area contributed by atoms with Gasteiger partial charge in [-0.25, -0.2) is 0 Å². The molecular formula is C16H13ClN2O4. The maximum atomic E-state index is 11.8. The summed E-state index contributed by atoms with van der Waals surface area (Å²) >= 11 is 5.93. The summed E-state index contributed by atoms with van der Waals surface area (Å²) in [6.45, 7) is 0.386. The molecule has 0 saturated carbocycles. The minimum Gasteiger partial charge on any atom is -0.454 e. The number of hydrogen-bond acceptors (Lipinski definition) is 4. The van der Waals surface area contributed by atoms with E-state index in [0.29, 0.717) is 22.2 Å². The van der Waals surface area contributed by atoms with Gasteiger partial charge in [0.05, 0.1) is 10.7 Å². The van der Waals surface area contributed by atoms with Gasteiger partial charge in [-0.05, 0) is 29.8 Å². The van der Waals surface area contributed by atoms with Crippen LogP contribution in [0.3, 0.4) is 0 Å². The molecule has 2 aromatic rings. The van der Waals surface area contributed by atoms with Gasteiger partial charge in [-0.3, -0.25) is 9.59 Å². The highest BCUT2D eigenvalue weighted by Crippen LogP contribution is 2.32. The summed E-state index contributed by atoms with van der Waals surface area (Å²) in [4.78, 5) is 23.7. The number of nitrogens with one attached hydrogen (secondary N) is 2. The summed E-state index contributed by atoms with van der Waals surface area (Å²) in [5.41, 5.74) is 1.19. The quantitative estimate of drug-likeness (QED) is 0.846. The average molecular weight is 333 g/mol. The van der Waals surface area contributed by atoms with Crippen molar-refractivity contribution in [3.8, 4) is 11.5 Å². The highest BCUT2D eigenvalue weighted by Gasteiger charge is 2.16. The van der Waals surface area contributed by atoms with Crippen LogP contribution in [0.15, 0.2) is 42.5 Å². The number of carbonyl (C=O) groups is 2. The molecule has 1 heterocycles. The first-order chi connectivity index (χ1) is 11.1. The van der Waals surface area contributed by atoms with Crippen molar-refractivity contribution in [1.29, 1.82) is 0 Å². The fourth-order valence-corrected chi connectivity index (χ4v) is 2.24. The van der Waals surface area contributed by atoms with Crippen LogP contribution < -0.4 is 20.1 Å². The Morgan fingerprint density at radius 1 is 1.04 bits per heavy atom. The third-order valence-electron chi connectivity index (χ3n) is 3.22. The van der Waals surface area contributed by atoms with Crippen LogP contribution in [0.2, 0.25) is 5.02 Å². The van der Waals surface area contributed by atoms with Crippen LogP contribution in [0.25, 0.3) is 0 Å². The Morgan fingerprint density at radius 2 is 1.83 bits per heavy atom. The lowest BCUT2D eigenvalue weighted by atomic mass is 10.2. The first-order valence-corrected chi connectivity index (χ1v) is 7.23. The highest BCUT2D eigenvalue weighted by atomic mass is 35.5. The number of anilines is 1. The number of amides is 2. The number of fused-ring (bicyclic) bond motifs is 1. The zero-order chi connectivity index (χ0) is 16.2. The predicted molar refractivity (Wildman–Crippen MR) is 84.5 cm³/mol. The Bertz CT molecular complexity index is 763. The van der Waals surface area contributed by atoms with E-state index in [0.717, 1.165) is 5.56 Å². The molecule has 0 fully saturated rings. The number of ether oxygens (including phenoxy) is 2. The third-order valence-corrected chi connectivity index (χ3v) is 3.55. The van der Waals surface area contributed by atoms with Crippen molar-refractivity contribution in [2.45, 2.75) is 6.54 Å². The maximum absolute atomic E-state index is 11.8. The largest absolute Gasteiger partial charge is 0.454 e. The van der Waals surface area contributed by atoms with Gasteiger partial charge in [0, 0.05) is 6.54 Å². The molecule has 0 atom stereocenters. The molecule has 0 saturated heterocycles. The SMILES string of the molecule is O=C(NCc1ccc2c(c1)OCO2)C(=O)Nc1ccccc1Cl. The van der Waals surface area contributed by atoms with Crippen molar-refractivity contribution < 1.29 is 19.1 Å². The fourth-order valence-electron chi connectivity index (χ4n) is 2.06. The van der Waals surface area contributed by atoms with Gasteiger partial charge < -0.3 is 20.1 Å². The van der Waals surface area contributed by atoms with E-state index in [1.165, 1.54) is 0 Å². The van der Waals surface area contributed by atoms with Gasteiger partial charge in [0.1, 0.15) is 0 Å². The lowest BCUT2D eigenvalue weighted by Gasteiger charge is -2.08. The van der Waals surface area contributed by atoms with E-state index in [4.69, 9.17) is 21.1 Å². The topological polar surface area (TPSA) is 76.7 Å². The molecule has 0 aliphatic carbocycles. The number of carbonyl (C=O) groups excluding carboxylic acids is 2. The first kappa shape index (κ1) is 15.2. The standard InChI is InChI=1S/C16H13ClN2O4/c17-11-3-1-2-4-12(11)19-16(21)15(20)18-8-10-5-6-13-14(7-10)23-9-22-13/h1-7H,8-9H2,(H,18,20)(H,19,21). The Kier molecular flexibility index (Phi) is 4.34. The molecule has 7 heteroatoms. The molecule has 118 valence electrons. The predicted octanol–water partition coefficient (Wildman–Crippen LogP) is 2.32. The zero-order valence-electron chi connectivity index (χ0n) is 12.0. The molecule has 23 heavy (non-hydrogen) atoms. The number of hydrogen-bond donors (Lipinski definition) is 2. The molecule has 0 spiro atoms. The Hall–Kier alpha value is -2.73. The van der Waals surface area contributed by atoms with Crippen LogP contribution in [-0.4, -0.2) is 18.6 Å². The number of para-hydroxylation sites is 1. The number of rotatable bonds is 3. The van der Waals surface area contributed by atoms with Crippen LogP contribution in [0.1, 0.15) is 5.56 Å². The Balaban J connectivity index is 1.57.